The molecule has 0 bridgehead atoms. The van der Waals surface area contributed by atoms with Gasteiger partial charge >= 0.3 is 11.9 Å². The zero-order valence-corrected chi connectivity index (χ0v) is 21.3. The minimum atomic E-state index is -0.259. The summed E-state index contributed by atoms with van der Waals surface area (Å²) in [7, 11) is 0. The minimum Gasteiger partial charge on any atom is -0.465 e. The van der Waals surface area contributed by atoms with E-state index in [0.29, 0.717) is 6.61 Å². The van der Waals surface area contributed by atoms with Gasteiger partial charge in [0.1, 0.15) is 6.10 Å². The molecule has 3 atom stereocenters. The number of ether oxygens (including phenoxy) is 2. The van der Waals surface area contributed by atoms with Crippen molar-refractivity contribution < 1.29 is 19.1 Å². The van der Waals surface area contributed by atoms with Gasteiger partial charge < -0.3 is 20.1 Å². The molecule has 2 fully saturated rings. The van der Waals surface area contributed by atoms with E-state index in [1.54, 1.807) is 0 Å². The Hall–Kier alpha value is -1.14. The first-order valence-electron chi connectivity index (χ1n) is 12.0. The van der Waals surface area contributed by atoms with Crippen molar-refractivity contribution in [3.8, 4) is 0 Å². The van der Waals surface area contributed by atoms with E-state index in [1.165, 1.54) is 0 Å². The highest BCUT2D eigenvalue weighted by molar-refractivity contribution is 5.75. The maximum absolute atomic E-state index is 12.8. The number of carbonyl (C=O) groups is 2. The number of hydrogen-bond donors (Lipinski definition) is 2. The van der Waals surface area contributed by atoms with Crippen LogP contribution < -0.4 is 10.6 Å². The minimum absolute atomic E-state index is 0.0516. The van der Waals surface area contributed by atoms with Crippen LogP contribution >= 0.6 is 0 Å². The Morgan fingerprint density at radius 2 is 1.32 bits per heavy atom. The van der Waals surface area contributed by atoms with Crippen LogP contribution in [0.1, 0.15) is 101 Å². The molecule has 0 saturated carbocycles. The molecule has 0 spiro atoms. The number of carbonyl (C=O) groups excluding carboxylic acids is 2. The fourth-order valence-corrected chi connectivity index (χ4v) is 5.65. The van der Waals surface area contributed by atoms with E-state index in [2.05, 4.69) is 72.9 Å². The fraction of sp³-hybridized carbons (Fsp3) is 0.920. The van der Waals surface area contributed by atoms with Crippen molar-refractivity contribution >= 4 is 11.9 Å². The molecule has 2 aliphatic rings. The highest BCUT2D eigenvalue weighted by Gasteiger charge is 2.49. The third-order valence-corrected chi connectivity index (χ3v) is 6.96. The molecule has 2 rings (SSSR count). The molecule has 2 aliphatic heterocycles. The normalized spacial score (nSPS) is 28.8. The second-order valence-corrected chi connectivity index (χ2v) is 12.1. The van der Waals surface area contributed by atoms with Crippen LogP contribution in [0.4, 0.5) is 0 Å². The molecule has 0 aliphatic carbocycles. The molecular weight excluding hydrogens is 392 g/mol. The van der Waals surface area contributed by atoms with Crippen LogP contribution in [-0.4, -0.2) is 46.8 Å². The van der Waals surface area contributed by atoms with E-state index in [0.717, 1.165) is 38.5 Å². The van der Waals surface area contributed by atoms with E-state index >= 15 is 0 Å². The molecule has 0 aromatic heterocycles. The molecule has 0 radical (unpaired) electrons. The zero-order chi connectivity index (χ0) is 23.7. The zero-order valence-electron chi connectivity index (χ0n) is 21.3. The topological polar surface area (TPSA) is 76.7 Å². The van der Waals surface area contributed by atoms with E-state index in [4.69, 9.17) is 9.47 Å². The maximum Gasteiger partial charge on any atom is 0.311 e. The Labute approximate surface area is 189 Å². The average Bonchev–Trinajstić information content (AvgIpc) is 2.98. The molecule has 31 heavy (non-hydrogen) atoms. The lowest BCUT2D eigenvalue weighted by atomic mass is 9.87. The van der Waals surface area contributed by atoms with Crippen molar-refractivity contribution in [2.45, 2.75) is 129 Å². The van der Waals surface area contributed by atoms with Crippen LogP contribution in [0, 0.1) is 11.8 Å². The predicted molar refractivity (Wildman–Crippen MR) is 124 cm³/mol. The molecule has 6 heteroatoms. The summed E-state index contributed by atoms with van der Waals surface area (Å²) in [6, 6.07) is 0. The Balaban J connectivity index is 1.72. The Morgan fingerprint density at radius 1 is 0.839 bits per heavy atom. The number of hydrogen-bond acceptors (Lipinski definition) is 6. The average molecular weight is 439 g/mol. The van der Waals surface area contributed by atoms with Gasteiger partial charge in [-0.25, -0.2) is 0 Å². The standard InChI is InChI=1S/C25H46N2O4/c1-10-17(31-21(29)19-16-23(4,5)27-25(19,8)9)13-11-12-14-30-20(28)18-15-22(2,3)26-24(18,6)7/h17-19,26-27H,10-16H2,1-9H3. The summed E-state index contributed by atoms with van der Waals surface area (Å²) < 4.78 is 11.5. The maximum atomic E-state index is 12.8. The smallest absolute Gasteiger partial charge is 0.311 e. The Bertz CT molecular complexity index is 654. The molecular formula is C25H46N2O4. The second-order valence-electron chi connectivity index (χ2n) is 12.1. The highest BCUT2D eigenvalue weighted by Crippen LogP contribution is 2.37. The summed E-state index contributed by atoms with van der Waals surface area (Å²) in [4.78, 5) is 25.4. The van der Waals surface area contributed by atoms with Crippen molar-refractivity contribution in [1.29, 1.82) is 0 Å². The van der Waals surface area contributed by atoms with Gasteiger partial charge in [-0.2, -0.15) is 0 Å². The van der Waals surface area contributed by atoms with Crippen molar-refractivity contribution in [3.63, 3.8) is 0 Å². The third-order valence-electron chi connectivity index (χ3n) is 6.96. The first kappa shape index (κ1) is 26.1. The number of unbranched alkanes of at least 4 members (excludes halogenated alkanes) is 1. The summed E-state index contributed by atoms with van der Waals surface area (Å²) in [5, 5.41) is 7.07. The van der Waals surface area contributed by atoms with Gasteiger partial charge in [0.15, 0.2) is 0 Å². The van der Waals surface area contributed by atoms with Crippen LogP contribution in [0.15, 0.2) is 0 Å². The van der Waals surface area contributed by atoms with Gasteiger partial charge in [0, 0.05) is 22.2 Å². The molecule has 0 aromatic carbocycles. The SMILES string of the molecule is CCC(CCCCOC(=O)C1CC(C)(C)NC1(C)C)OC(=O)C1CC(C)(C)NC1(C)C. The monoisotopic (exact) mass is 438 g/mol. The van der Waals surface area contributed by atoms with Crippen molar-refractivity contribution in [3.05, 3.63) is 0 Å². The molecule has 2 N–H and O–H groups in total. The van der Waals surface area contributed by atoms with Crippen molar-refractivity contribution in [2.75, 3.05) is 6.61 Å². The second kappa shape index (κ2) is 9.38. The first-order chi connectivity index (χ1) is 14.1. The van der Waals surface area contributed by atoms with Gasteiger partial charge in [-0.3, -0.25) is 9.59 Å². The van der Waals surface area contributed by atoms with Gasteiger partial charge in [-0.1, -0.05) is 6.92 Å². The molecule has 3 unspecified atom stereocenters. The number of nitrogens with one attached hydrogen (secondary N) is 2. The van der Waals surface area contributed by atoms with Crippen LogP contribution in [0.5, 0.6) is 0 Å². The van der Waals surface area contributed by atoms with Crippen molar-refractivity contribution in [1.82, 2.24) is 10.6 Å². The van der Waals surface area contributed by atoms with Crippen LogP contribution in [0.3, 0.4) is 0 Å². The van der Waals surface area contributed by atoms with Crippen LogP contribution in [0.25, 0.3) is 0 Å². The summed E-state index contributed by atoms with van der Waals surface area (Å²) >= 11 is 0. The molecule has 2 heterocycles. The quantitative estimate of drug-likeness (QED) is 0.412. The lowest BCUT2D eigenvalue weighted by Crippen LogP contribution is -2.47. The van der Waals surface area contributed by atoms with Crippen LogP contribution in [-0.2, 0) is 19.1 Å². The fourth-order valence-electron chi connectivity index (χ4n) is 5.65. The van der Waals surface area contributed by atoms with Crippen LogP contribution in [0.2, 0.25) is 0 Å². The van der Waals surface area contributed by atoms with Crippen molar-refractivity contribution in [2.24, 2.45) is 11.8 Å². The van der Waals surface area contributed by atoms with Gasteiger partial charge in [0.25, 0.3) is 0 Å². The summed E-state index contributed by atoms with van der Waals surface area (Å²) in [5.74, 6) is -0.468. The van der Waals surface area contributed by atoms with E-state index in [1.807, 2.05) is 0 Å². The summed E-state index contributed by atoms with van der Waals surface area (Å²) in [6.45, 7) is 19.3. The van der Waals surface area contributed by atoms with Gasteiger partial charge in [-0.15, -0.1) is 0 Å². The van der Waals surface area contributed by atoms with E-state index in [9.17, 15) is 9.59 Å². The molecule has 2 saturated heterocycles. The number of esters is 2. The highest BCUT2D eigenvalue weighted by atomic mass is 16.5. The summed E-state index contributed by atoms with van der Waals surface area (Å²) in [6.07, 6.45) is 4.74. The Kier molecular flexibility index (Phi) is 7.90. The summed E-state index contributed by atoms with van der Waals surface area (Å²) in [5.41, 5.74) is -0.620. The van der Waals surface area contributed by atoms with Gasteiger partial charge in [-0.05, 0) is 93.9 Å². The molecule has 0 aromatic rings. The van der Waals surface area contributed by atoms with Gasteiger partial charge in [0.2, 0.25) is 0 Å². The largest absolute Gasteiger partial charge is 0.465 e. The predicted octanol–water partition coefficient (Wildman–Crippen LogP) is 4.36. The molecule has 6 nitrogen and oxygen atoms in total. The third kappa shape index (κ3) is 6.92. The van der Waals surface area contributed by atoms with E-state index in [-0.39, 0.29) is 52.0 Å². The first-order valence-corrected chi connectivity index (χ1v) is 12.0. The van der Waals surface area contributed by atoms with Gasteiger partial charge in [0.05, 0.1) is 18.4 Å². The Morgan fingerprint density at radius 3 is 1.74 bits per heavy atom. The lowest BCUT2D eigenvalue weighted by molar-refractivity contribution is -0.156. The molecule has 0 amide bonds. The lowest BCUT2D eigenvalue weighted by Gasteiger charge is -2.28. The van der Waals surface area contributed by atoms with E-state index < -0.39 is 0 Å². The number of rotatable bonds is 9. The molecule has 180 valence electrons.